The fraction of sp³-hybridized carbons (Fsp3) is 0.0323. The fourth-order valence-corrected chi connectivity index (χ4v) is 9.60. The molecule has 1 atom stereocenters. The highest BCUT2D eigenvalue weighted by Crippen LogP contribution is 2.55. The Balaban J connectivity index is 1.87. The maximum atomic E-state index is 11.7. The molecular formula is C31H25BrOP+. The summed E-state index contributed by atoms with van der Waals surface area (Å²) in [4.78, 5) is 0. The van der Waals surface area contributed by atoms with Gasteiger partial charge in [0.15, 0.2) is 0 Å². The van der Waals surface area contributed by atoms with Crippen LogP contribution < -0.4 is 21.2 Å². The fourth-order valence-electron chi connectivity index (χ4n) is 4.70. The SMILES string of the molecule is O[C@@H](c1cccc(Br)c1)c1ccccc1[P+](c1ccccc1)(c1ccccc1)c1ccccc1. The number of aliphatic hydroxyl groups excluding tert-OH is 1. The van der Waals surface area contributed by atoms with Crippen LogP contribution in [0.15, 0.2) is 144 Å². The second-order valence-electron chi connectivity index (χ2n) is 8.19. The first-order valence-corrected chi connectivity index (χ1v) is 13.9. The Morgan fingerprint density at radius 1 is 0.529 bits per heavy atom. The zero-order valence-electron chi connectivity index (χ0n) is 18.6. The number of aliphatic hydroxyl groups is 1. The highest BCUT2D eigenvalue weighted by atomic mass is 79.9. The van der Waals surface area contributed by atoms with Gasteiger partial charge in [-0.05, 0) is 60.2 Å². The summed E-state index contributed by atoms with van der Waals surface area (Å²) < 4.78 is 0.955. The zero-order valence-corrected chi connectivity index (χ0v) is 21.1. The number of halogens is 1. The van der Waals surface area contributed by atoms with Gasteiger partial charge in [-0.3, -0.25) is 0 Å². The van der Waals surface area contributed by atoms with Gasteiger partial charge in [0, 0.05) is 10.0 Å². The molecule has 1 N–H and O–H groups in total. The smallest absolute Gasteiger partial charge is 0.144 e. The third-order valence-corrected chi connectivity index (χ3v) is 11.0. The van der Waals surface area contributed by atoms with Gasteiger partial charge in [0.1, 0.15) is 34.6 Å². The van der Waals surface area contributed by atoms with E-state index in [0.717, 1.165) is 15.6 Å². The van der Waals surface area contributed by atoms with Gasteiger partial charge in [0.2, 0.25) is 0 Å². The van der Waals surface area contributed by atoms with Crippen LogP contribution in [0.25, 0.3) is 0 Å². The van der Waals surface area contributed by atoms with Gasteiger partial charge in [0.05, 0.1) is 0 Å². The molecule has 0 bridgehead atoms. The Morgan fingerprint density at radius 2 is 1.00 bits per heavy atom. The van der Waals surface area contributed by atoms with Crippen molar-refractivity contribution >= 4 is 44.4 Å². The topological polar surface area (TPSA) is 20.2 Å². The predicted molar refractivity (Wildman–Crippen MR) is 149 cm³/mol. The van der Waals surface area contributed by atoms with E-state index in [9.17, 15) is 5.11 Å². The van der Waals surface area contributed by atoms with Crippen LogP contribution in [0.2, 0.25) is 0 Å². The van der Waals surface area contributed by atoms with E-state index in [1.165, 1.54) is 21.2 Å². The largest absolute Gasteiger partial charge is 0.384 e. The highest BCUT2D eigenvalue weighted by Gasteiger charge is 2.49. The normalized spacial score (nSPS) is 12.3. The molecule has 0 unspecified atom stereocenters. The molecule has 5 rings (SSSR count). The van der Waals surface area contributed by atoms with Gasteiger partial charge in [-0.15, -0.1) is 0 Å². The summed E-state index contributed by atoms with van der Waals surface area (Å²) >= 11 is 3.57. The lowest BCUT2D eigenvalue weighted by atomic mass is 10.0. The van der Waals surface area contributed by atoms with Crippen LogP contribution in [0, 0.1) is 0 Å². The molecule has 0 heterocycles. The number of benzene rings is 5. The van der Waals surface area contributed by atoms with Gasteiger partial charge in [0.25, 0.3) is 0 Å². The summed E-state index contributed by atoms with van der Waals surface area (Å²) in [5, 5.41) is 16.7. The lowest BCUT2D eigenvalue weighted by Crippen LogP contribution is -2.40. The lowest BCUT2D eigenvalue weighted by molar-refractivity contribution is 0.221. The monoisotopic (exact) mass is 523 g/mol. The van der Waals surface area contributed by atoms with Crippen LogP contribution in [0.3, 0.4) is 0 Å². The van der Waals surface area contributed by atoms with Crippen molar-refractivity contribution in [1.29, 1.82) is 0 Å². The van der Waals surface area contributed by atoms with E-state index in [2.05, 4.69) is 125 Å². The maximum Gasteiger partial charge on any atom is 0.144 e. The summed E-state index contributed by atoms with van der Waals surface area (Å²) in [6, 6.07) is 48.6. The molecule has 0 aliphatic heterocycles. The molecule has 3 heteroatoms. The summed E-state index contributed by atoms with van der Waals surface area (Å²) in [6.45, 7) is 0. The maximum absolute atomic E-state index is 11.7. The van der Waals surface area contributed by atoms with Crippen molar-refractivity contribution in [3.05, 3.63) is 155 Å². The first-order chi connectivity index (χ1) is 16.7. The lowest BCUT2D eigenvalue weighted by Gasteiger charge is -2.30. The van der Waals surface area contributed by atoms with Gasteiger partial charge < -0.3 is 5.11 Å². The Labute approximate surface area is 210 Å². The second-order valence-corrected chi connectivity index (χ2v) is 12.5. The van der Waals surface area contributed by atoms with E-state index in [0.29, 0.717) is 0 Å². The number of rotatable bonds is 6. The summed E-state index contributed by atoms with van der Waals surface area (Å²) in [5.74, 6) is 0. The standard InChI is InChI=1S/C31H25BrOP/c32-25-14-12-13-24(23-25)31(33)29-21-10-11-22-30(29)34(26-15-4-1-5-16-26,27-17-6-2-7-18-27)28-19-8-3-9-20-28/h1-23,31,33H/q+1/t31-/m0/s1. The molecular weight excluding hydrogens is 499 g/mol. The van der Waals surface area contributed by atoms with Crippen molar-refractivity contribution in [2.24, 2.45) is 0 Å². The average molecular weight is 524 g/mol. The van der Waals surface area contributed by atoms with Crippen LogP contribution in [0.5, 0.6) is 0 Å². The van der Waals surface area contributed by atoms with Crippen molar-refractivity contribution in [3.63, 3.8) is 0 Å². The zero-order chi connectivity index (χ0) is 23.4. The molecule has 0 saturated carbocycles. The average Bonchev–Trinajstić information content (AvgIpc) is 2.91. The highest BCUT2D eigenvalue weighted by molar-refractivity contribution is 9.10. The molecule has 0 aliphatic carbocycles. The molecule has 5 aromatic carbocycles. The first-order valence-electron chi connectivity index (χ1n) is 11.3. The Bertz CT molecular complexity index is 1270. The third-order valence-electron chi connectivity index (χ3n) is 6.19. The molecule has 1 nitrogen and oxygen atoms in total. The minimum atomic E-state index is -2.30. The van der Waals surface area contributed by atoms with Crippen LogP contribution in [0.1, 0.15) is 17.2 Å². The van der Waals surface area contributed by atoms with E-state index in [1.54, 1.807) is 0 Å². The molecule has 5 aromatic rings. The molecule has 166 valence electrons. The summed E-state index contributed by atoms with van der Waals surface area (Å²) in [5.41, 5.74) is 1.81. The third kappa shape index (κ3) is 4.14. The molecule has 0 fully saturated rings. The van der Waals surface area contributed by atoms with Crippen molar-refractivity contribution in [2.75, 3.05) is 0 Å². The summed E-state index contributed by atoms with van der Waals surface area (Å²) in [6.07, 6.45) is -0.746. The van der Waals surface area contributed by atoms with Gasteiger partial charge in [-0.1, -0.05) is 101 Å². The number of hydrogen-bond donors (Lipinski definition) is 1. The molecule has 0 radical (unpaired) electrons. The Kier molecular flexibility index (Phi) is 6.74. The van der Waals surface area contributed by atoms with E-state index in [4.69, 9.17) is 0 Å². The van der Waals surface area contributed by atoms with E-state index < -0.39 is 13.4 Å². The van der Waals surface area contributed by atoms with Gasteiger partial charge >= 0.3 is 0 Å². The molecule has 34 heavy (non-hydrogen) atoms. The molecule has 0 aliphatic rings. The number of hydrogen-bond acceptors (Lipinski definition) is 1. The Morgan fingerprint density at radius 3 is 1.50 bits per heavy atom. The molecule has 0 spiro atoms. The van der Waals surface area contributed by atoms with Crippen LogP contribution in [-0.4, -0.2) is 5.11 Å². The van der Waals surface area contributed by atoms with E-state index >= 15 is 0 Å². The minimum absolute atomic E-state index is 0.746. The van der Waals surface area contributed by atoms with Crippen LogP contribution >= 0.6 is 23.2 Å². The van der Waals surface area contributed by atoms with Crippen molar-refractivity contribution in [3.8, 4) is 0 Å². The Hall–Kier alpha value is -3.03. The second kappa shape index (κ2) is 10.1. The van der Waals surface area contributed by atoms with Crippen molar-refractivity contribution in [2.45, 2.75) is 6.10 Å². The van der Waals surface area contributed by atoms with E-state index in [-0.39, 0.29) is 0 Å². The van der Waals surface area contributed by atoms with Crippen molar-refractivity contribution < 1.29 is 5.11 Å². The first kappa shape index (κ1) is 22.7. The van der Waals surface area contributed by atoms with Crippen molar-refractivity contribution in [1.82, 2.24) is 0 Å². The quantitative estimate of drug-likeness (QED) is 0.264. The molecule has 0 amide bonds. The predicted octanol–water partition coefficient (Wildman–Crippen LogP) is 6.15. The van der Waals surface area contributed by atoms with Gasteiger partial charge in [-0.25, -0.2) is 0 Å². The molecule has 0 saturated heterocycles. The minimum Gasteiger partial charge on any atom is -0.384 e. The summed E-state index contributed by atoms with van der Waals surface area (Å²) in [7, 11) is -2.30. The van der Waals surface area contributed by atoms with Crippen LogP contribution in [-0.2, 0) is 0 Å². The van der Waals surface area contributed by atoms with E-state index in [1.807, 2.05) is 30.3 Å². The van der Waals surface area contributed by atoms with Crippen LogP contribution in [0.4, 0.5) is 0 Å². The van der Waals surface area contributed by atoms with Gasteiger partial charge in [-0.2, -0.15) is 0 Å². The molecule has 0 aromatic heterocycles.